The first kappa shape index (κ1) is 12.7. The van der Waals surface area contributed by atoms with E-state index in [1.807, 2.05) is 18.2 Å². The fourth-order valence-corrected chi connectivity index (χ4v) is 2.72. The predicted molar refractivity (Wildman–Crippen MR) is 73.1 cm³/mol. The van der Waals surface area contributed by atoms with Gasteiger partial charge in [-0.1, -0.05) is 12.2 Å². The van der Waals surface area contributed by atoms with Gasteiger partial charge in [-0.15, -0.1) is 0 Å². The molecule has 2 aliphatic rings. The molecule has 2 unspecified atom stereocenters. The van der Waals surface area contributed by atoms with Crippen LogP contribution in [0.25, 0.3) is 0 Å². The Morgan fingerprint density at radius 1 is 1.55 bits per heavy atom. The first-order valence-corrected chi connectivity index (χ1v) is 6.40. The molecule has 5 heteroatoms. The summed E-state index contributed by atoms with van der Waals surface area (Å²) in [4.78, 5) is 28.9. The van der Waals surface area contributed by atoms with E-state index in [9.17, 15) is 14.7 Å². The van der Waals surface area contributed by atoms with Gasteiger partial charge in [0.1, 0.15) is 17.7 Å². The van der Waals surface area contributed by atoms with E-state index in [4.69, 9.17) is 0 Å². The summed E-state index contributed by atoms with van der Waals surface area (Å²) < 4.78 is 0. The van der Waals surface area contributed by atoms with E-state index >= 15 is 0 Å². The number of fused-ring (bicyclic) bond motifs is 1. The molecule has 0 bridgehead atoms. The van der Waals surface area contributed by atoms with Gasteiger partial charge in [0.25, 0.3) is 5.91 Å². The number of nitrogens with zero attached hydrogens (tertiary/aromatic N) is 2. The fraction of sp³-hybridized carbons (Fsp3) is 0.267. The van der Waals surface area contributed by atoms with Gasteiger partial charge in [-0.05, 0) is 31.6 Å². The number of carbonyl (C=O) groups excluding carboxylic acids is 2. The quantitative estimate of drug-likeness (QED) is 0.826. The third-order valence-electron chi connectivity index (χ3n) is 3.84. The standard InChI is InChI=1S/C15H14N2O3/c1-15(20)11-4-2-3-5-12(11)17(14(15)19)13-8-10(9-18)6-7-16-13/h2-3,5-9,11,20H,4H2,1H3. The number of hydrogen-bond acceptors (Lipinski definition) is 4. The largest absolute Gasteiger partial charge is 0.380 e. The Bertz CT molecular complexity index is 646. The van der Waals surface area contributed by atoms with Gasteiger partial charge in [-0.3, -0.25) is 14.5 Å². The number of pyridine rings is 1. The zero-order chi connectivity index (χ0) is 14.3. The van der Waals surface area contributed by atoms with E-state index in [0.29, 0.717) is 24.1 Å². The van der Waals surface area contributed by atoms with Gasteiger partial charge in [-0.25, -0.2) is 4.98 Å². The lowest BCUT2D eigenvalue weighted by Gasteiger charge is -2.22. The highest BCUT2D eigenvalue weighted by Gasteiger charge is 2.53. The molecule has 1 N–H and O–H groups in total. The minimum Gasteiger partial charge on any atom is -0.380 e. The van der Waals surface area contributed by atoms with Gasteiger partial charge in [0.05, 0.1) is 0 Å². The van der Waals surface area contributed by atoms with Crippen LogP contribution in [0.5, 0.6) is 0 Å². The van der Waals surface area contributed by atoms with E-state index in [1.54, 1.807) is 12.1 Å². The Hall–Kier alpha value is -2.27. The molecule has 0 saturated carbocycles. The second-order valence-corrected chi connectivity index (χ2v) is 5.16. The summed E-state index contributed by atoms with van der Waals surface area (Å²) >= 11 is 0. The molecule has 102 valence electrons. The Morgan fingerprint density at radius 3 is 3.10 bits per heavy atom. The minimum atomic E-state index is -1.45. The Kier molecular flexibility index (Phi) is 2.79. The van der Waals surface area contributed by atoms with Crippen LogP contribution in [0.15, 0.2) is 42.3 Å². The molecule has 0 aromatic carbocycles. The summed E-state index contributed by atoms with van der Waals surface area (Å²) in [5.41, 5.74) is -0.286. The maximum atomic E-state index is 12.5. The summed E-state index contributed by atoms with van der Waals surface area (Å²) in [6.07, 6.45) is 8.38. The van der Waals surface area contributed by atoms with Crippen LogP contribution in [0.3, 0.4) is 0 Å². The number of aliphatic hydroxyl groups is 1. The molecule has 0 spiro atoms. The molecule has 1 aromatic heterocycles. The highest BCUT2D eigenvalue weighted by Crippen LogP contribution is 2.43. The van der Waals surface area contributed by atoms with Gasteiger partial charge < -0.3 is 5.11 Å². The van der Waals surface area contributed by atoms with Gasteiger partial charge in [-0.2, -0.15) is 0 Å². The normalized spacial score (nSPS) is 28.3. The number of aromatic nitrogens is 1. The van der Waals surface area contributed by atoms with E-state index in [0.717, 1.165) is 5.70 Å². The van der Waals surface area contributed by atoms with Gasteiger partial charge >= 0.3 is 0 Å². The molecule has 1 amide bonds. The number of hydrogen-bond donors (Lipinski definition) is 1. The first-order valence-electron chi connectivity index (χ1n) is 6.40. The molecule has 3 rings (SSSR count). The number of aldehydes is 1. The zero-order valence-corrected chi connectivity index (χ0v) is 11.0. The van der Waals surface area contributed by atoms with Crippen molar-refractivity contribution < 1.29 is 14.7 Å². The number of allylic oxidation sites excluding steroid dienone is 3. The van der Waals surface area contributed by atoms with E-state index in [2.05, 4.69) is 4.98 Å². The van der Waals surface area contributed by atoms with Crippen LogP contribution in [0.1, 0.15) is 23.7 Å². The van der Waals surface area contributed by atoms with E-state index in [-0.39, 0.29) is 5.92 Å². The lowest BCUT2D eigenvalue weighted by Crippen LogP contribution is -2.40. The van der Waals surface area contributed by atoms with Crippen molar-refractivity contribution in [1.29, 1.82) is 0 Å². The molecule has 5 nitrogen and oxygen atoms in total. The monoisotopic (exact) mass is 270 g/mol. The van der Waals surface area contributed by atoms with Gasteiger partial charge in [0.15, 0.2) is 0 Å². The summed E-state index contributed by atoms with van der Waals surface area (Å²) in [6, 6.07) is 3.12. The molecule has 1 aliphatic heterocycles. The van der Waals surface area contributed by atoms with Crippen molar-refractivity contribution in [2.24, 2.45) is 5.92 Å². The SMILES string of the molecule is CC1(O)C(=O)N(c2cc(C=O)ccn2)C2=CC=CCC21. The van der Waals surface area contributed by atoms with Crippen molar-refractivity contribution in [2.75, 3.05) is 4.90 Å². The molecule has 2 heterocycles. The molecule has 2 atom stereocenters. The zero-order valence-electron chi connectivity index (χ0n) is 11.0. The lowest BCUT2D eigenvalue weighted by molar-refractivity contribution is -0.134. The summed E-state index contributed by atoms with van der Waals surface area (Å²) in [5, 5.41) is 10.5. The first-order chi connectivity index (χ1) is 9.55. The molecule has 0 radical (unpaired) electrons. The molecule has 1 saturated heterocycles. The number of rotatable bonds is 2. The Morgan fingerprint density at radius 2 is 2.35 bits per heavy atom. The molecule has 20 heavy (non-hydrogen) atoms. The van der Waals surface area contributed by atoms with Crippen LogP contribution in [-0.4, -0.2) is 27.9 Å². The van der Waals surface area contributed by atoms with Crippen LogP contribution in [0.2, 0.25) is 0 Å². The van der Waals surface area contributed by atoms with Crippen molar-refractivity contribution >= 4 is 18.0 Å². The highest BCUT2D eigenvalue weighted by molar-refractivity contribution is 6.05. The summed E-state index contributed by atoms with van der Waals surface area (Å²) in [5.74, 6) is -0.321. The topological polar surface area (TPSA) is 70.5 Å². The van der Waals surface area contributed by atoms with Gasteiger partial charge in [0.2, 0.25) is 0 Å². The second kappa shape index (κ2) is 4.38. The average Bonchev–Trinajstić information content (AvgIpc) is 2.67. The molecule has 1 aliphatic carbocycles. The summed E-state index contributed by atoms with van der Waals surface area (Å²) in [7, 11) is 0. The molecule has 1 aromatic rings. The highest BCUT2D eigenvalue weighted by atomic mass is 16.3. The van der Waals surface area contributed by atoms with Crippen molar-refractivity contribution in [2.45, 2.75) is 18.9 Å². The third kappa shape index (κ3) is 1.71. The van der Waals surface area contributed by atoms with Gasteiger partial charge in [0, 0.05) is 23.4 Å². The van der Waals surface area contributed by atoms with Crippen LogP contribution in [-0.2, 0) is 4.79 Å². The number of carbonyl (C=O) groups is 2. The molecule has 1 fully saturated rings. The van der Waals surface area contributed by atoms with E-state index in [1.165, 1.54) is 18.0 Å². The van der Waals surface area contributed by atoms with Crippen molar-refractivity contribution in [3.63, 3.8) is 0 Å². The lowest BCUT2D eigenvalue weighted by atomic mass is 9.85. The molecular weight excluding hydrogens is 256 g/mol. The Labute approximate surface area is 116 Å². The maximum absolute atomic E-state index is 12.5. The Balaban J connectivity index is 2.12. The van der Waals surface area contributed by atoms with Crippen molar-refractivity contribution in [1.82, 2.24) is 4.98 Å². The predicted octanol–water partition coefficient (Wildman–Crippen LogP) is 1.45. The smallest absolute Gasteiger partial charge is 0.264 e. The van der Waals surface area contributed by atoms with Crippen LogP contribution >= 0.6 is 0 Å². The van der Waals surface area contributed by atoms with Crippen LogP contribution in [0.4, 0.5) is 5.82 Å². The van der Waals surface area contributed by atoms with E-state index < -0.39 is 11.5 Å². The van der Waals surface area contributed by atoms with Crippen LogP contribution in [0, 0.1) is 5.92 Å². The number of amides is 1. The third-order valence-corrected chi connectivity index (χ3v) is 3.84. The fourth-order valence-electron chi connectivity index (χ4n) is 2.72. The average molecular weight is 270 g/mol. The maximum Gasteiger partial charge on any atom is 0.264 e. The number of anilines is 1. The minimum absolute atomic E-state index is 0.276. The van der Waals surface area contributed by atoms with Crippen molar-refractivity contribution in [3.05, 3.63) is 47.8 Å². The summed E-state index contributed by atoms with van der Waals surface area (Å²) in [6.45, 7) is 1.52. The van der Waals surface area contributed by atoms with Crippen molar-refractivity contribution in [3.8, 4) is 0 Å². The molecular formula is C15H14N2O3. The second-order valence-electron chi connectivity index (χ2n) is 5.16. The van der Waals surface area contributed by atoms with Crippen LogP contribution < -0.4 is 4.90 Å².